The van der Waals surface area contributed by atoms with Crippen molar-refractivity contribution in [2.75, 3.05) is 7.18 Å². The van der Waals surface area contributed by atoms with Gasteiger partial charge < -0.3 is 0 Å². The molecule has 0 atom stereocenters. The minimum Gasteiger partial charge on any atom is -0.255 e. The molecule has 108 valence electrons. The maximum atomic E-state index is 9.50. The van der Waals surface area contributed by atoms with Crippen molar-refractivity contribution < 1.29 is 22.7 Å². The number of alkyl halides is 1. The summed E-state index contributed by atoms with van der Waals surface area (Å²) >= 11 is 17.3. The predicted molar refractivity (Wildman–Crippen MR) is 69.7 cm³/mol. The van der Waals surface area contributed by atoms with E-state index in [1.165, 1.54) is 5.56 Å². The molecule has 0 amide bonds. The quantitative estimate of drug-likeness (QED) is 0.349. The lowest BCUT2D eigenvalue weighted by molar-refractivity contribution is 0.108. The van der Waals surface area contributed by atoms with Crippen LogP contribution >= 0.6 is 33.2 Å². The van der Waals surface area contributed by atoms with Crippen molar-refractivity contribution in [2.45, 2.75) is 12.5 Å². The smallest absolute Gasteiger partial charge is 0.255 e. The maximum Gasteiger partial charge on any atom is 0.341 e. The Bertz CT molecular complexity index is 246. The first-order valence-corrected chi connectivity index (χ1v) is 9.59. The summed E-state index contributed by atoms with van der Waals surface area (Å²) in [4.78, 5) is 0. The number of aryl methyl sites for hydroxylation is 1. The first-order valence-electron chi connectivity index (χ1n) is 4.35. The molecule has 0 unspecified atom stereocenters. The first kappa shape index (κ1) is 23.1. The van der Waals surface area contributed by atoms with Crippen LogP contribution in [0.2, 0.25) is 6.04 Å². The maximum absolute atomic E-state index is 9.50. The second-order valence-electron chi connectivity index (χ2n) is 2.60. The molecular weight excluding hydrogens is 338 g/mol. The molecule has 1 rings (SSSR count). The molecular formula is C9H12Cl3F5Si. The zero-order chi connectivity index (χ0) is 15.0. The number of halogens is 8. The first-order chi connectivity index (χ1) is 8.58. The molecule has 0 radical (unpaired) electrons. The van der Waals surface area contributed by atoms with E-state index in [9.17, 15) is 4.39 Å². The van der Waals surface area contributed by atoms with Crippen LogP contribution in [0.5, 0.6) is 0 Å². The Kier molecular flexibility index (Phi) is 21.7. The summed E-state index contributed by atoms with van der Waals surface area (Å²) in [5.41, 5.74) is 1.23. The molecule has 0 spiro atoms. The zero-order valence-electron chi connectivity index (χ0n) is 9.32. The number of hydrogen-bond acceptors (Lipinski definition) is 0. The Morgan fingerprint density at radius 3 is 1.61 bits per heavy atom. The summed E-state index contributed by atoms with van der Waals surface area (Å²) in [6, 6.07) is 8.34. The second-order valence-corrected chi connectivity index (χ2v) is 11.9. The molecule has 0 fully saturated rings. The van der Waals surface area contributed by atoms with Gasteiger partial charge in [0.1, 0.15) is 0 Å². The molecule has 0 nitrogen and oxygen atoms in total. The van der Waals surface area contributed by atoms with Crippen LogP contribution in [0, 0.1) is 0 Å². The minimum absolute atomic E-state index is 0.500. The van der Waals surface area contributed by atoms with Crippen molar-refractivity contribution in [3.63, 3.8) is 0 Å². The van der Waals surface area contributed by atoms with E-state index < -0.39 is 6.00 Å². The summed E-state index contributed by atoms with van der Waals surface area (Å²) in [7, 11) is 0.500. The van der Waals surface area contributed by atoms with Crippen LogP contribution in [0.3, 0.4) is 0 Å². The molecule has 0 aliphatic carbocycles. The van der Waals surface area contributed by atoms with Gasteiger partial charge >= 0.3 is 6.00 Å². The SMILES string of the molecule is CF.Cl[Si](Cl)(Cl)CCc1ccccc1.FF.FF. The molecule has 1 aromatic rings. The molecule has 0 heterocycles. The molecule has 0 saturated heterocycles. The lowest BCUT2D eigenvalue weighted by Crippen LogP contribution is -2.09. The topological polar surface area (TPSA) is 0 Å². The van der Waals surface area contributed by atoms with E-state index >= 15 is 0 Å². The van der Waals surface area contributed by atoms with Crippen LogP contribution in [-0.4, -0.2) is 13.2 Å². The van der Waals surface area contributed by atoms with Crippen LogP contribution in [0.1, 0.15) is 5.56 Å². The lowest BCUT2D eigenvalue weighted by atomic mass is 10.2. The van der Waals surface area contributed by atoms with E-state index in [0.717, 1.165) is 6.42 Å². The fourth-order valence-corrected chi connectivity index (χ4v) is 2.35. The monoisotopic (exact) mass is 348 g/mol. The van der Waals surface area contributed by atoms with Crippen LogP contribution < -0.4 is 0 Å². The van der Waals surface area contributed by atoms with Crippen LogP contribution in [-0.2, 0) is 6.42 Å². The highest BCUT2D eigenvalue weighted by molar-refractivity contribution is 7.64. The zero-order valence-corrected chi connectivity index (χ0v) is 12.6. The minimum atomic E-state index is -2.42. The van der Waals surface area contributed by atoms with Crippen molar-refractivity contribution in [1.29, 1.82) is 0 Å². The third kappa shape index (κ3) is 18.3. The van der Waals surface area contributed by atoms with Gasteiger partial charge in [0, 0.05) is 18.3 Å². The summed E-state index contributed by atoms with van der Waals surface area (Å²) in [5.74, 6) is 0. The second kappa shape index (κ2) is 17.0. The van der Waals surface area contributed by atoms with Gasteiger partial charge in [-0.1, -0.05) is 30.3 Å². The van der Waals surface area contributed by atoms with Crippen molar-refractivity contribution in [3.8, 4) is 0 Å². The standard InChI is InChI=1S/C8H9Cl3Si.CH3F.2F2/c9-12(10,11)7-6-8-4-2-1-3-5-8;3*1-2/h1-5H,6-7H2;1H3;;. The van der Waals surface area contributed by atoms with Gasteiger partial charge in [-0.25, -0.2) is 0 Å². The van der Waals surface area contributed by atoms with E-state index in [4.69, 9.17) is 51.5 Å². The molecule has 18 heavy (non-hydrogen) atoms. The molecule has 0 aromatic heterocycles. The molecule has 0 aliphatic rings. The number of benzene rings is 1. The highest BCUT2D eigenvalue weighted by Gasteiger charge is 2.23. The Morgan fingerprint density at radius 2 is 1.28 bits per heavy atom. The number of hydrogen-bond donors (Lipinski definition) is 0. The Balaban J connectivity index is -0.000000328. The van der Waals surface area contributed by atoms with E-state index in [0.29, 0.717) is 13.2 Å². The van der Waals surface area contributed by atoms with Gasteiger partial charge in [0.25, 0.3) is 0 Å². The Hall–Kier alpha value is -0.0431. The number of rotatable bonds is 3. The van der Waals surface area contributed by atoms with Crippen molar-refractivity contribution in [2.24, 2.45) is 0 Å². The van der Waals surface area contributed by atoms with Crippen LogP contribution in [0.15, 0.2) is 30.3 Å². The van der Waals surface area contributed by atoms with Crippen molar-refractivity contribution in [3.05, 3.63) is 35.9 Å². The van der Waals surface area contributed by atoms with Crippen LogP contribution in [0.4, 0.5) is 22.7 Å². The van der Waals surface area contributed by atoms with Crippen molar-refractivity contribution in [1.82, 2.24) is 0 Å². The van der Waals surface area contributed by atoms with E-state index in [2.05, 4.69) is 0 Å². The van der Waals surface area contributed by atoms with Gasteiger partial charge in [0.2, 0.25) is 0 Å². The normalized spacial score (nSPS) is 8.72. The summed E-state index contributed by atoms with van der Waals surface area (Å²) < 4.78 is 41.5. The summed E-state index contributed by atoms with van der Waals surface area (Å²) in [5, 5.41) is 0. The molecule has 0 bridgehead atoms. The van der Waals surface area contributed by atoms with Gasteiger partial charge in [-0.15, -0.1) is 33.2 Å². The summed E-state index contributed by atoms with van der Waals surface area (Å²) in [6.45, 7) is 0. The third-order valence-corrected chi connectivity index (χ3v) is 4.06. The van der Waals surface area contributed by atoms with E-state index in [1.807, 2.05) is 30.3 Å². The Morgan fingerprint density at radius 1 is 0.889 bits per heavy atom. The Labute approximate surface area is 117 Å². The van der Waals surface area contributed by atoms with E-state index in [-0.39, 0.29) is 0 Å². The fourth-order valence-electron chi connectivity index (χ4n) is 0.931. The largest absolute Gasteiger partial charge is 0.341 e. The predicted octanol–water partition coefficient (Wildman–Crippen LogP) is 6.15. The van der Waals surface area contributed by atoms with Crippen molar-refractivity contribution >= 4 is 39.2 Å². The molecule has 1 aromatic carbocycles. The van der Waals surface area contributed by atoms with Gasteiger partial charge in [0.15, 0.2) is 0 Å². The van der Waals surface area contributed by atoms with Gasteiger partial charge in [-0.3, -0.25) is 4.39 Å². The van der Waals surface area contributed by atoms with Gasteiger partial charge in [-0.05, 0) is 18.0 Å². The highest BCUT2D eigenvalue weighted by atomic mass is 35.8. The molecule has 0 N–H and O–H groups in total. The van der Waals surface area contributed by atoms with Crippen LogP contribution in [0.25, 0.3) is 0 Å². The lowest BCUT2D eigenvalue weighted by Gasteiger charge is -2.06. The average molecular weight is 350 g/mol. The van der Waals surface area contributed by atoms with Gasteiger partial charge in [0.05, 0.1) is 7.18 Å². The van der Waals surface area contributed by atoms with Gasteiger partial charge in [-0.2, -0.15) is 0 Å². The van der Waals surface area contributed by atoms with E-state index in [1.54, 1.807) is 0 Å². The average Bonchev–Trinajstić information content (AvgIpc) is 2.44. The fraction of sp³-hybridized carbons (Fsp3) is 0.333. The molecule has 0 aliphatic heterocycles. The molecule has 9 heteroatoms. The highest BCUT2D eigenvalue weighted by Crippen LogP contribution is 2.26. The molecule has 0 saturated carbocycles. The summed E-state index contributed by atoms with van der Waals surface area (Å²) in [6.07, 6.45) is 0.865. The third-order valence-electron chi connectivity index (χ3n) is 1.54.